The number of hydrogen-bond acceptors (Lipinski definition) is 8. The maximum atomic E-state index is 12.7. The maximum absolute atomic E-state index is 12.7. The van der Waals surface area contributed by atoms with Crippen molar-refractivity contribution in [2.45, 2.75) is 11.4 Å². The molecule has 0 aromatic heterocycles. The van der Waals surface area contributed by atoms with Crippen molar-refractivity contribution in [3.05, 3.63) is 98.6 Å². The van der Waals surface area contributed by atoms with Crippen LogP contribution in [0.15, 0.2) is 77.7 Å². The summed E-state index contributed by atoms with van der Waals surface area (Å²) in [5, 5.41) is 22.6. The molecule has 35 heavy (non-hydrogen) atoms. The number of anilines is 2. The lowest BCUT2D eigenvalue weighted by Crippen LogP contribution is -2.46. The van der Waals surface area contributed by atoms with Crippen LogP contribution in [-0.2, 0) is 16.6 Å². The molecule has 0 amide bonds. The van der Waals surface area contributed by atoms with Gasteiger partial charge >= 0.3 is 0 Å². The smallest absolute Gasteiger partial charge is 0.293 e. The van der Waals surface area contributed by atoms with Crippen LogP contribution >= 0.6 is 0 Å². The molecule has 0 unspecified atom stereocenters. The van der Waals surface area contributed by atoms with Gasteiger partial charge in [-0.2, -0.15) is 0 Å². The molecule has 0 spiro atoms. The molecule has 182 valence electrons. The third kappa shape index (κ3) is 5.73. The average Bonchev–Trinajstić information content (AvgIpc) is 2.85. The van der Waals surface area contributed by atoms with E-state index >= 15 is 0 Å². The highest BCUT2D eigenvalue weighted by Crippen LogP contribution is 2.32. The second-order valence-corrected chi connectivity index (χ2v) is 9.75. The molecule has 1 N–H and O–H groups in total. The van der Waals surface area contributed by atoms with Gasteiger partial charge in [-0.1, -0.05) is 30.3 Å². The molecule has 1 fully saturated rings. The quantitative estimate of drug-likeness (QED) is 0.368. The van der Waals surface area contributed by atoms with Crippen LogP contribution in [0.1, 0.15) is 5.56 Å². The molecular formula is C23H23N5O6S. The number of non-ortho nitro benzene ring substituents is 1. The van der Waals surface area contributed by atoms with Gasteiger partial charge in [-0.25, -0.2) is 8.42 Å². The molecule has 0 aliphatic carbocycles. The van der Waals surface area contributed by atoms with Crippen LogP contribution in [0.4, 0.5) is 22.7 Å². The predicted octanol–water partition coefficient (Wildman–Crippen LogP) is 3.63. The minimum Gasteiger partial charge on any atom is -0.363 e. The number of hydrogen-bond donors (Lipinski definition) is 1. The second-order valence-electron chi connectivity index (χ2n) is 8.07. The fourth-order valence-electron chi connectivity index (χ4n) is 3.93. The predicted molar refractivity (Wildman–Crippen MR) is 131 cm³/mol. The summed E-state index contributed by atoms with van der Waals surface area (Å²) in [6.45, 7) is 2.90. The lowest BCUT2D eigenvalue weighted by Gasteiger charge is -2.35. The lowest BCUT2D eigenvalue weighted by molar-refractivity contribution is -0.384. The normalized spacial score (nSPS) is 14.5. The first-order valence-corrected chi connectivity index (χ1v) is 12.3. The Morgan fingerprint density at radius 2 is 1.49 bits per heavy atom. The van der Waals surface area contributed by atoms with Gasteiger partial charge in [0.05, 0.1) is 14.7 Å². The molecule has 4 rings (SSSR count). The zero-order valence-electron chi connectivity index (χ0n) is 18.6. The SMILES string of the molecule is O=[N+]([O-])c1ccc(CN2CCN(c3ccc(S(=O)(=O)Nc4ccccc4)cc3[N+](=O)[O-])CC2)cc1. The average molecular weight is 498 g/mol. The van der Waals surface area contributed by atoms with E-state index < -0.39 is 19.9 Å². The topological polar surface area (TPSA) is 139 Å². The Bertz CT molecular complexity index is 1320. The van der Waals surface area contributed by atoms with Crippen molar-refractivity contribution in [2.24, 2.45) is 0 Å². The van der Waals surface area contributed by atoms with E-state index in [2.05, 4.69) is 9.62 Å². The zero-order valence-corrected chi connectivity index (χ0v) is 19.4. The Morgan fingerprint density at radius 3 is 2.09 bits per heavy atom. The number of nitro benzene ring substituents is 2. The lowest BCUT2D eigenvalue weighted by atomic mass is 10.1. The summed E-state index contributed by atoms with van der Waals surface area (Å²) in [6.07, 6.45) is 0. The van der Waals surface area contributed by atoms with Crippen LogP contribution < -0.4 is 9.62 Å². The Hall–Kier alpha value is -4.03. The molecule has 3 aromatic carbocycles. The molecule has 3 aromatic rings. The summed E-state index contributed by atoms with van der Waals surface area (Å²) in [5.74, 6) is 0. The van der Waals surface area contributed by atoms with Gasteiger partial charge in [-0.05, 0) is 29.8 Å². The summed E-state index contributed by atoms with van der Waals surface area (Å²) in [7, 11) is -3.99. The Morgan fingerprint density at radius 1 is 0.829 bits per heavy atom. The molecule has 1 heterocycles. The van der Waals surface area contributed by atoms with E-state index in [1.165, 1.54) is 24.3 Å². The highest BCUT2D eigenvalue weighted by Gasteiger charge is 2.27. The third-order valence-corrected chi connectivity index (χ3v) is 7.13. The van der Waals surface area contributed by atoms with Crippen LogP contribution in [0.2, 0.25) is 0 Å². The van der Waals surface area contributed by atoms with E-state index in [4.69, 9.17) is 0 Å². The Kier molecular flexibility index (Phi) is 6.94. The van der Waals surface area contributed by atoms with Crippen LogP contribution in [0, 0.1) is 20.2 Å². The summed E-state index contributed by atoms with van der Waals surface area (Å²) in [4.78, 5) is 25.4. The van der Waals surface area contributed by atoms with Crippen molar-refractivity contribution in [2.75, 3.05) is 35.8 Å². The van der Waals surface area contributed by atoms with Gasteiger partial charge in [0.2, 0.25) is 0 Å². The minimum atomic E-state index is -3.99. The van der Waals surface area contributed by atoms with Gasteiger partial charge in [0, 0.05) is 56.6 Å². The monoisotopic (exact) mass is 497 g/mol. The first-order valence-electron chi connectivity index (χ1n) is 10.8. The Labute approximate surface area is 202 Å². The van der Waals surface area contributed by atoms with Gasteiger partial charge in [0.25, 0.3) is 21.4 Å². The summed E-state index contributed by atoms with van der Waals surface area (Å²) in [5.41, 5.74) is 1.43. The number of nitrogens with one attached hydrogen (secondary N) is 1. The molecule has 0 saturated carbocycles. The number of sulfonamides is 1. The van der Waals surface area contributed by atoms with Crippen molar-refractivity contribution >= 4 is 32.8 Å². The number of piperazine rings is 1. The van der Waals surface area contributed by atoms with E-state index in [0.717, 1.165) is 11.6 Å². The van der Waals surface area contributed by atoms with Crippen molar-refractivity contribution in [1.82, 2.24) is 4.90 Å². The molecule has 1 aliphatic rings. The first-order chi connectivity index (χ1) is 16.7. The number of para-hydroxylation sites is 1. The number of nitrogens with zero attached hydrogens (tertiary/aromatic N) is 4. The van der Waals surface area contributed by atoms with E-state index in [1.54, 1.807) is 42.5 Å². The third-order valence-electron chi connectivity index (χ3n) is 5.75. The Balaban J connectivity index is 1.45. The molecular weight excluding hydrogens is 474 g/mol. The molecule has 0 atom stereocenters. The fourth-order valence-corrected chi connectivity index (χ4v) is 5.01. The second kappa shape index (κ2) is 10.1. The summed E-state index contributed by atoms with van der Waals surface area (Å²) < 4.78 is 27.9. The molecule has 0 radical (unpaired) electrons. The van der Waals surface area contributed by atoms with Gasteiger partial charge in [0.15, 0.2) is 0 Å². The summed E-state index contributed by atoms with van der Waals surface area (Å²) >= 11 is 0. The molecule has 1 saturated heterocycles. The van der Waals surface area contributed by atoms with Crippen molar-refractivity contribution in [1.29, 1.82) is 0 Å². The molecule has 0 bridgehead atoms. The van der Waals surface area contributed by atoms with Crippen molar-refractivity contribution in [3.63, 3.8) is 0 Å². The van der Waals surface area contributed by atoms with Crippen molar-refractivity contribution < 1.29 is 18.3 Å². The van der Waals surface area contributed by atoms with Gasteiger partial charge < -0.3 is 4.90 Å². The largest absolute Gasteiger partial charge is 0.363 e. The number of rotatable bonds is 8. The standard InChI is InChI=1S/C23H23N5O6S/c29-27(30)20-8-6-18(7-9-20)17-25-12-14-26(15-13-25)22-11-10-21(16-23(22)28(31)32)35(33,34)24-19-4-2-1-3-5-19/h1-11,16,24H,12-15,17H2. The van der Waals surface area contributed by atoms with E-state index in [1.807, 2.05) is 4.90 Å². The fraction of sp³-hybridized carbons (Fsp3) is 0.217. The zero-order chi connectivity index (χ0) is 25.0. The highest BCUT2D eigenvalue weighted by molar-refractivity contribution is 7.92. The van der Waals surface area contributed by atoms with Gasteiger partial charge in [-0.15, -0.1) is 0 Å². The van der Waals surface area contributed by atoms with Crippen molar-refractivity contribution in [3.8, 4) is 0 Å². The van der Waals surface area contributed by atoms with E-state index in [-0.39, 0.29) is 16.3 Å². The van der Waals surface area contributed by atoms with E-state index in [0.29, 0.717) is 44.1 Å². The highest BCUT2D eigenvalue weighted by atomic mass is 32.2. The van der Waals surface area contributed by atoms with E-state index in [9.17, 15) is 28.6 Å². The first kappa shape index (κ1) is 24.1. The van der Waals surface area contributed by atoms with Crippen LogP contribution in [0.3, 0.4) is 0 Å². The molecule has 11 nitrogen and oxygen atoms in total. The maximum Gasteiger partial charge on any atom is 0.293 e. The van der Waals surface area contributed by atoms with Gasteiger partial charge in [0.1, 0.15) is 5.69 Å². The van der Waals surface area contributed by atoms with Crippen LogP contribution in [-0.4, -0.2) is 49.3 Å². The number of benzene rings is 3. The summed E-state index contributed by atoms with van der Waals surface area (Å²) in [6, 6.07) is 18.6. The molecule has 1 aliphatic heterocycles. The molecule has 12 heteroatoms. The van der Waals surface area contributed by atoms with Crippen LogP contribution in [0.5, 0.6) is 0 Å². The minimum absolute atomic E-state index is 0.0373. The van der Waals surface area contributed by atoms with Crippen LogP contribution in [0.25, 0.3) is 0 Å². The number of nitro groups is 2. The van der Waals surface area contributed by atoms with Gasteiger partial charge in [-0.3, -0.25) is 29.9 Å².